The lowest BCUT2D eigenvalue weighted by Gasteiger charge is -2.21. The summed E-state index contributed by atoms with van der Waals surface area (Å²) >= 11 is 1.73. The predicted octanol–water partition coefficient (Wildman–Crippen LogP) is 3.32. The van der Waals surface area contributed by atoms with Gasteiger partial charge in [0.1, 0.15) is 0 Å². The first-order valence-corrected chi connectivity index (χ1v) is 7.11. The molecular formula is C13H20N2O2S. The van der Waals surface area contributed by atoms with Crippen LogP contribution in [0.4, 0.5) is 5.69 Å². The van der Waals surface area contributed by atoms with E-state index in [1.807, 2.05) is 19.2 Å². The minimum atomic E-state index is -0.371. The molecule has 18 heavy (non-hydrogen) atoms. The van der Waals surface area contributed by atoms with E-state index >= 15 is 0 Å². The molecule has 2 atom stereocenters. The van der Waals surface area contributed by atoms with E-state index in [-0.39, 0.29) is 10.6 Å². The first-order valence-electron chi connectivity index (χ1n) is 6.13. The van der Waals surface area contributed by atoms with Crippen LogP contribution in [0.25, 0.3) is 0 Å². The summed E-state index contributed by atoms with van der Waals surface area (Å²) < 4.78 is 0. The molecule has 0 aliphatic heterocycles. The number of non-ortho nitro benzene ring substituents is 1. The quantitative estimate of drug-likeness (QED) is 0.468. The third-order valence-corrected chi connectivity index (χ3v) is 4.31. The summed E-state index contributed by atoms with van der Waals surface area (Å²) in [4.78, 5) is 11.2. The summed E-state index contributed by atoms with van der Waals surface area (Å²) in [6.07, 6.45) is 1.15. The Bertz CT molecular complexity index is 381. The monoisotopic (exact) mass is 268 g/mol. The van der Waals surface area contributed by atoms with Gasteiger partial charge in [0, 0.05) is 28.8 Å². The fraction of sp³-hybridized carbons (Fsp3) is 0.538. The van der Waals surface area contributed by atoms with Gasteiger partial charge in [-0.2, -0.15) is 0 Å². The second-order valence-corrected chi connectivity index (χ2v) is 5.44. The van der Waals surface area contributed by atoms with Crippen molar-refractivity contribution >= 4 is 17.4 Å². The molecule has 0 aromatic heterocycles. The summed E-state index contributed by atoms with van der Waals surface area (Å²) in [5.74, 6) is 1.60. The van der Waals surface area contributed by atoms with Gasteiger partial charge in [-0.25, -0.2) is 0 Å². The molecule has 2 unspecified atom stereocenters. The lowest BCUT2D eigenvalue weighted by atomic mass is 10.0. The van der Waals surface area contributed by atoms with E-state index < -0.39 is 0 Å². The second-order valence-electron chi connectivity index (χ2n) is 4.34. The maximum absolute atomic E-state index is 10.5. The Kier molecular flexibility index (Phi) is 6.15. The molecule has 1 N–H and O–H groups in total. The van der Waals surface area contributed by atoms with Gasteiger partial charge in [0.15, 0.2) is 0 Å². The van der Waals surface area contributed by atoms with Crippen LogP contribution in [0.1, 0.15) is 20.3 Å². The topological polar surface area (TPSA) is 55.2 Å². The highest BCUT2D eigenvalue weighted by molar-refractivity contribution is 7.99. The maximum Gasteiger partial charge on any atom is 0.269 e. The van der Waals surface area contributed by atoms with Gasteiger partial charge in [0.05, 0.1) is 4.92 Å². The summed E-state index contributed by atoms with van der Waals surface area (Å²) in [6, 6.07) is 7.20. The van der Waals surface area contributed by atoms with Crippen LogP contribution in [-0.2, 0) is 0 Å². The average molecular weight is 268 g/mol. The van der Waals surface area contributed by atoms with E-state index in [0.717, 1.165) is 17.1 Å². The van der Waals surface area contributed by atoms with Crippen molar-refractivity contribution < 1.29 is 4.92 Å². The van der Waals surface area contributed by atoms with Crippen molar-refractivity contribution in [3.05, 3.63) is 34.4 Å². The molecule has 0 aliphatic carbocycles. The summed E-state index contributed by atoms with van der Waals surface area (Å²) in [6.45, 7) is 4.42. The summed E-state index contributed by atoms with van der Waals surface area (Å²) in [7, 11) is 1.98. The molecule has 0 fully saturated rings. The normalized spacial score (nSPS) is 14.2. The van der Waals surface area contributed by atoms with Crippen LogP contribution in [0.5, 0.6) is 0 Å². The molecule has 0 amide bonds. The number of nitro benzene ring substituents is 1. The van der Waals surface area contributed by atoms with Crippen LogP contribution in [0.3, 0.4) is 0 Å². The van der Waals surface area contributed by atoms with Crippen molar-refractivity contribution in [3.63, 3.8) is 0 Å². The summed E-state index contributed by atoms with van der Waals surface area (Å²) in [5, 5.41) is 13.9. The molecule has 0 spiro atoms. The van der Waals surface area contributed by atoms with Gasteiger partial charge in [0.25, 0.3) is 5.69 Å². The van der Waals surface area contributed by atoms with Gasteiger partial charge in [-0.05, 0) is 25.1 Å². The molecule has 1 aromatic rings. The zero-order valence-electron chi connectivity index (χ0n) is 11.1. The Balaban J connectivity index is 2.54. The highest BCUT2D eigenvalue weighted by Crippen LogP contribution is 2.23. The van der Waals surface area contributed by atoms with Crippen LogP contribution < -0.4 is 5.32 Å². The van der Waals surface area contributed by atoms with Crippen LogP contribution in [0, 0.1) is 16.0 Å². The fourth-order valence-electron chi connectivity index (χ4n) is 1.67. The van der Waals surface area contributed by atoms with E-state index in [0.29, 0.717) is 12.0 Å². The first-order chi connectivity index (χ1) is 8.58. The van der Waals surface area contributed by atoms with E-state index in [9.17, 15) is 10.1 Å². The number of thioether (sulfide) groups is 1. The molecule has 4 nitrogen and oxygen atoms in total. The van der Waals surface area contributed by atoms with Gasteiger partial charge < -0.3 is 5.32 Å². The zero-order chi connectivity index (χ0) is 13.5. The predicted molar refractivity (Wildman–Crippen MR) is 76.1 cm³/mol. The van der Waals surface area contributed by atoms with Crippen molar-refractivity contribution in [2.24, 2.45) is 5.92 Å². The second kappa shape index (κ2) is 7.38. The Morgan fingerprint density at radius 2 is 2.00 bits per heavy atom. The van der Waals surface area contributed by atoms with Crippen LogP contribution in [0.15, 0.2) is 29.2 Å². The van der Waals surface area contributed by atoms with E-state index in [1.54, 1.807) is 23.9 Å². The summed E-state index contributed by atoms with van der Waals surface area (Å²) in [5.41, 5.74) is 0.145. The number of nitro groups is 1. The van der Waals surface area contributed by atoms with Crippen LogP contribution in [-0.4, -0.2) is 23.8 Å². The van der Waals surface area contributed by atoms with Crippen LogP contribution in [0.2, 0.25) is 0 Å². The SMILES string of the molecule is CCC(C)C(CSc1ccc([N+](=O)[O-])cc1)NC. The molecule has 0 aliphatic rings. The molecule has 5 heteroatoms. The average Bonchev–Trinajstić information content (AvgIpc) is 2.39. The number of benzene rings is 1. The molecule has 0 saturated carbocycles. The first kappa shape index (κ1) is 15.0. The van der Waals surface area contributed by atoms with Gasteiger partial charge in [0.2, 0.25) is 0 Å². The van der Waals surface area contributed by atoms with Crippen LogP contribution >= 0.6 is 11.8 Å². The lowest BCUT2D eigenvalue weighted by Crippen LogP contribution is -2.34. The van der Waals surface area contributed by atoms with Crippen molar-refractivity contribution in [2.75, 3.05) is 12.8 Å². The molecule has 0 radical (unpaired) electrons. The number of rotatable bonds is 7. The number of nitrogens with one attached hydrogen (secondary N) is 1. The Morgan fingerprint density at radius 3 is 2.44 bits per heavy atom. The molecule has 0 heterocycles. The number of hydrogen-bond donors (Lipinski definition) is 1. The third kappa shape index (κ3) is 4.31. The van der Waals surface area contributed by atoms with Crippen molar-refractivity contribution in [2.45, 2.75) is 31.2 Å². The molecular weight excluding hydrogens is 248 g/mol. The number of nitrogens with zero attached hydrogens (tertiary/aromatic N) is 1. The third-order valence-electron chi connectivity index (χ3n) is 3.18. The van der Waals surface area contributed by atoms with Gasteiger partial charge in [-0.1, -0.05) is 20.3 Å². The molecule has 0 saturated heterocycles. The van der Waals surface area contributed by atoms with Crippen molar-refractivity contribution in [3.8, 4) is 0 Å². The van der Waals surface area contributed by atoms with Gasteiger partial charge in [-0.15, -0.1) is 11.8 Å². The van der Waals surface area contributed by atoms with Gasteiger partial charge >= 0.3 is 0 Å². The zero-order valence-corrected chi connectivity index (χ0v) is 11.9. The fourth-order valence-corrected chi connectivity index (χ4v) is 2.86. The molecule has 0 bridgehead atoms. The molecule has 1 aromatic carbocycles. The smallest absolute Gasteiger partial charge is 0.269 e. The highest BCUT2D eigenvalue weighted by atomic mass is 32.2. The van der Waals surface area contributed by atoms with E-state index in [2.05, 4.69) is 19.2 Å². The van der Waals surface area contributed by atoms with Crippen molar-refractivity contribution in [1.29, 1.82) is 0 Å². The minimum absolute atomic E-state index is 0.145. The lowest BCUT2D eigenvalue weighted by molar-refractivity contribution is -0.384. The highest BCUT2D eigenvalue weighted by Gasteiger charge is 2.14. The van der Waals surface area contributed by atoms with E-state index in [4.69, 9.17) is 0 Å². The molecule has 1 rings (SSSR count). The van der Waals surface area contributed by atoms with Gasteiger partial charge in [-0.3, -0.25) is 10.1 Å². The van der Waals surface area contributed by atoms with Crippen molar-refractivity contribution in [1.82, 2.24) is 5.32 Å². The standard InChI is InChI=1S/C13H20N2O2S/c1-4-10(2)13(14-3)9-18-12-7-5-11(6-8-12)15(16)17/h5-8,10,13-14H,4,9H2,1-3H3. The molecule has 100 valence electrons. The number of hydrogen-bond acceptors (Lipinski definition) is 4. The Morgan fingerprint density at radius 1 is 1.39 bits per heavy atom. The maximum atomic E-state index is 10.5. The Hall–Kier alpha value is -1.07. The van der Waals surface area contributed by atoms with E-state index in [1.165, 1.54) is 0 Å². The Labute approximate surface area is 112 Å². The minimum Gasteiger partial charge on any atom is -0.316 e. The largest absolute Gasteiger partial charge is 0.316 e.